The van der Waals surface area contributed by atoms with Gasteiger partial charge in [-0.2, -0.15) is 50.1 Å². The molecule has 20 saturated carbocycles. The van der Waals surface area contributed by atoms with Crippen molar-refractivity contribution in [2.24, 2.45) is 202 Å². The summed E-state index contributed by atoms with van der Waals surface area (Å²) < 4.78 is 3.41. The highest BCUT2D eigenvalue weighted by Gasteiger charge is 2.70. The molecule has 0 unspecified atom stereocenters. The molecule has 20 aliphatic rings. The number of hydrogen-bond donors (Lipinski definition) is 5. The van der Waals surface area contributed by atoms with Crippen LogP contribution in [0.2, 0.25) is 0 Å². The molecule has 148 heavy (non-hydrogen) atoms. The SMILES string of the molecule is C[C@@H](C(=O)[C@H]1CC[C@H]2[C@@H]3CC[C@@H]4C[C@](C)(O)CC[C@]4(C)[C@H]3CC[C@]12C)n1nccn1.C[C@@]1(O)CC[C@@]2(C)[C@H](CC[C@@H]3[C@@H]2CC[C@]2(C)[C@@H](C(=O)Cn4cncn4)CC[C@@H]32)C1.C[C@@]1(O)CC[C@@]2(C)[C@H](CC[C@@H]3[C@@H]2CC[C@]2(C)[C@@H](C(=O)Cn4nccn4)CC[C@@H]32)C1.C[C@H](C(=O)[C@H]1CC[C@H]2[C@@H]3CC[C@@H]4C[C@](C)(O)CC[C@]4(C)[C@H]3CC[C@]12C)n1ccnn1.C[C@H](C(=O)[C@H]1CC[C@H]2[C@@H]3CC[C@@H]4C[C@](C)(O)CC[C@]4(C)[C@H]3CC[C@]12C)n1nccn1. The molecule has 5 aromatic heterocycles. The van der Waals surface area contributed by atoms with Crippen molar-refractivity contribution in [2.45, 2.75) is 473 Å². The molecule has 20 aliphatic carbocycles. The molecular formula is C123H191N15O10. The number of ketones is 5. The summed E-state index contributed by atoms with van der Waals surface area (Å²) in [5.74, 6) is 16.9. The quantitative estimate of drug-likeness (QED) is 0.0650. The summed E-state index contributed by atoms with van der Waals surface area (Å²) in [5, 5.41) is 90.8. The van der Waals surface area contributed by atoms with Gasteiger partial charge in [-0.25, -0.2) is 14.3 Å². The first-order valence-electron chi connectivity index (χ1n) is 60.5. The molecule has 25 nitrogen and oxygen atoms in total. The maximum absolute atomic E-state index is 13.5. The molecule has 0 bridgehead atoms. The van der Waals surface area contributed by atoms with E-state index in [1.807, 2.05) is 61.6 Å². The summed E-state index contributed by atoms with van der Waals surface area (Å²) >= 11 is 0. The third-order valence-corrected chi connectivity index (χ3v) is 51.8. The van der Waals surface area contributed by atoms with Gasteiger partial charge in [0.25, 0.3) is 0 Å². The van der Waals surface area contributed by atoms with E-state index in [-0.39, 0.29) is 74.8 Å². The van der Waals surface area contributed by atoms with Crippen LogP contribution in [0.4, 0.5) is 0 Å². The summed E-state index contributed by atoms with van der Waals surface area (Å²) in [6.07, 6.45) is 68.2. The normalized spacial score (nSPS) is 49.1. The topological polar surface area (TPSA) is 340 Å². The first-order valence-corrected chi connectivity index (χ1v) is 60.5. The second kappa shape index (κ2) is 39.3. The van der Waals surface area contributed by atoms with Crippen LogP contribution in [0, 0.1) is 202 Å². The maximum atomic E-state index is 13.5. The molecule has 43 atom stereocenters. The van der Waals surface area contributed by atoms with Crippen molar-refractivity contribution >= 4 is 28.9 Å². The number of rotatable bonds is 15. The lowest BCUT2D eigenvalue weighted by atomic mass is 9.44. The first kappa shape index (κ1) is 107. The number of fused-ring (bicyclic) bond motifs is 25. The molecule has 818 valence electrons. The van der Waals surface area contributed by atoms with E-state index in [4.69, 9.17) is 0 Å². The van der Waals surface area contributed by atoms with Gasteiger partial charge in [-0.15, -0.1) is 5.10 Å². The Morgan fingerprint density at radius 3 is 0.804 bits per heavy atom. The van der Waals surface area contributed by atoms with E-state index in [2.05, 4.69) is 120 Å². The van der Waals surface area contributed by atoms with Gasteiger partial charge in [-0.3, -0.25) is 24.0 Å². The van der Waals surface area contributed by atoms with Crippen LogP contribution < -0.4 is 0 Å². The molecule has 5 heterocycles. The molecule has 5 aromatic rings. The van der Waals surface area contributed by atoms with Crippen molar-refractivity contribution in [3.05, 3.63) is 62.2 Å². The molecule has 0 radical (unpaired) electrons. The standard InChI is InChI=1S/3C25H39N3O2.2C24H37N3O2/c1-16(28-14-13-26-27-28)22(29)21-8-7-19-18-6-5-17-15-23(2,30)11-12-24(17,3)20(18)9-10-25(19,21)4;2*1-16(28-26-13-14-27-28)22(29)21-8-7-19-18-6-5-17-15-23(2,30)11-12-24(17,3)20(18)9-10-25(19,21)4;1-22(29)10-11-23(2)16(12-22)4-5-17-18-6-7-20(24(18,3)9-8-19(17)23)21(28)13-27-15-25-14-26-27;1-22(29)10-11-23(2)16(14-22)4-5-17-18-6-7-20(24(18,3)9-8-19(17)23)21(28)15-27-25-12-13-26-27/h3*13-14,16-21,30H,5-12,15H2,1-4H3;14-20,29H,4-13H2,1-3H3;12-13,16-20,29H,4-11,14-15H2,1-3H3/t16-,17-,18+,19+,20+,21-,23-,24+,25+;16-,17+,18-,19-,20-,21+,23+,24-,25-;16-,17-,18+,19+,20+,21-,23-,24+,25+;2*16-,17+,18+,19+,20-,22-,23+,24+/m10111/s1. The molecule has 5 N–H and O–H groups in total. The highest BCUT2D eigenvalue weighted by atomic mass is 16.3. The molecular weight excluding hydrogens is 1850 g/mol. The fraction of sp³-hybridized carbons (Fsp3) is 0.878. The van der Waals surface area contributed by atoms with Gasteiger partial charge in [0.05, 0.1) is 71.4 Å². The van der Waals surface area contributed by atoms with E-state index in [1.54, 1.807) is 73.5 Å². The Morgan fingerprint density at radius 2 is 0.534 bits per heavy atom. The lowest BCUT2D eigenvalue weighted by Gasteiger charge is -2.61. The highest BCUT2D eigenvalue weighted by Crippen LogP contribution is 2.76. The van der Waals surface area contributed by atoms with E-state index in [0.717, 1.165) is 155 Å². The second-order valence-electron chi connectivity index (χ2n) is 59.1. The Bertz CT molecular complexity index is 5060. The number of hydrogen-bond acceptors (Lipinski definition) is 20. The predicted octanol–water partition coefficient (Wildman–Crippen LogP) is 23.0. The number of carbonyl (C=O) groups is 5. The van der Waals surface area contributed by atoms with Crippen LogP contribution in [0.1, 0.15) is 432 Å². The van der Waals surface area contributed by atoms with Crippen molar-refractivity contribution in [3.63, 3.8) is 0 Å². The van der Waals surface area contributed by atoms with Gasteiger partial charge in [0.15, 0.2) is 28.9 Å². The number of carbonyl (C=O) groups excluding carboxylic acids is 5. The summed E-state index contributed by atoms with van der Waals surface area (Å²) in [6, 6.07) is -0.765. The van der Waals surface area contributed by atoms with Crippen molar-refractivity contribution in [2.75, 3.05) is 0 Å². The Labute approximate surface area is 885 Å². The van der Waals surface area contributed by atoms with Gasteiger partial charge in [0, 0.05) is 35.8 Å². The van der Waals surface area contributed by atoms with Gasteiger partial charge in [-0.1, -0.05) is 74.5 Å². The van der Waals surface area contributed by atoms with E-state index in [0.29, 0.717) is 128 Å². The molecule has 20 fully saturated rings. The molecule has 0 aromatic carbocycles. The Morgan fingerprint density at radius 1 is 0.277 bits per heavy atom. The Hall–Kier alpha value is -6.15. The van der Waals surface area contributed by atoms with E-state index in [1.165, 1.54) is 199 Å². The van der Waals surface area contributed by atoms with E-state index in [9.17, 15) is 49.5 Å². The molecule has 0 spiro atoms. The molecule has 0 amide bonds. The fourth-order valence-electron chi connectivity index (χ4n) is 43.3. The molecule has 0 aliphatic heterocycles. The lowest BCUT2D eigenvalue weighted by molar-refractivity contribution is -0.152. The number of aromatic nitrogens is 15. The summed E-state index contributed by atoms with van der Waals surface area (Å²) in [4.78, 5) is 75.6. The summed E-state index contributed by atoms with van der Waals surface area (Å²) in [5.41, 5.74) is 0.247. The third kappa shape index (κ3) is 18.6. The largest absolute Gasteiger partial charge is 0.390 e. The molecule has 25 rings (SSSR count). The minimum absolute atomic E-state index is 0.128. The highest BCUT2D eigenvalue weighted by molar-refractivity contribution is 5.87. The second-order valence-corrected chi connectivity index (χ2v) is 59.1. The average molecular weight is 2040 g/mol. The lowest BCUT2D eigenvalue weighted by Crippen LogP contribution is -2.55. The maximum Gasteiger partial charge on any atom is 0.162 e. The fourth-order valence-corrected chi connectivity index (χ4v) is 43.3. The van der Waals surface area contributed by atoms with Crippen LogP contribution in [0.25, 0.3) is 0 Å². The van der Waals surface area contributed by atoms with Crippen LogP contribution in [-0.4, -0.2) is 157 Å². The van der Waals surface area contributed by atoms with Crippen molar-refractivity contribution in [3.8, 4) is 0 Å². The zero-order valence-electron chi connectivity index (χ0n) is 94.2. The molecule has 25 heteroatoms. The summed E-state index contributed by atoms with van der Waals surface area (Å²) in [6.45, 7) is 41.6. The monoisotopic (exact) mass is 2040 g/mol. The van der Waals surface area contributed by atoms with Crippen LogP contribution in [0.15, 0.2) is 62.2 Å². The minimum Gasteiger partial charge on any atom is -0.390 e. The van der Waals surface area contributed by atoms with Gasteiger partial charge in [-0.05, 0) is 517 Å². The number of aliphatic hydroxyl groups is 5. The Balaban J connectivity index is 0.000000108. The van der Waals surface area contributed by atoms with E-state index >= 15 is 0 Å². The van der Waals surface area contributed by atoms with Gasteiger partial charge >= 0.3 is 0 Å². The van der Waals surface area contributed by atoms with Crippen molar-refractivity contribution in [1.29, 1.82) is 0 Å². The summed E-state index contributed by atoms with van der Waals surface area (Å²) in [7, 11) is 0. The van der Waals surface area contributed by atoms with Gasteiger partial charge in [0.2, 0.25) is 0 Å². The van der Waals surface area contributed by atoms with Crippen molar-refractivity contribution < 1.29 is 49.5 Å². The first-order chi connectivity index (χ1) is 69.9. The minimum atomic E-state index is -0.470. The predicted molar refractivity (Wildman–Crippen MR) is 568 cm³/mol. The van der Waals surface area contributed by atoms with Gasteiger partial charge in [0.1, 0.15) is 43.9 Å². The molecule has 0 saturated heterocycles. The van der Waals surface area contributed by atoms with E-state index < -0.39 is 28.0 Å². The zero-order valence-corrected chi connectivity index (χ0v) is 94.2. The van der Waals surface area contributed by atoms with Crippen LogP contribution in [0.5, 0.6) is 0 Å². The van der Waals surface area contributed by atoms with Crippen molar-refractivity contribution in [1.82, 2.24) is 74.7 Å². The smallest absolute Gasteiger partial charge is 0.162 e. The van der Waals surface area contributed by atoms with Gasteiger partial charge < -0.3 is 25.5 Å². The zero-order chi connectivity index (χ0) is 105. The van der Waals surface area contributed by atoms with Crippen LogP contribution in [-0.2, 0) is 37.1 Å². The average Bonchev–Trinajstić information content (AvgIpc) is 1.69. The van der Waals surface area contributed by atoms with Crippen LogP contribution >= 0.6 is 0 Å². The Kier molecular flexibility index (Phi) is 28.5. The third-order valence-electron chi connectivity index (χ3n) is 51.8. The number of nitrogens with zero attached hydrogens (tertiary/aromatic N) is 15. The number of Topliss-reactive ketones (excluding diaryl/α,β-unsaturated/α-hetero) is 5. The van der Waals surface area contributed by atoms with Crippen LogP contribution in [0.3, 0.4) is 0 Å².